The standard InChI is InChI=1S/C12H15F2N3O4/c1-2-15-11(19)8-3-4-9(10(5-8)17(20)21)16-6-12(13,14)7-18/h3-5,16,18H,2,6-7H2,1H3,(H,15,19). The second-order valence-electron chi connectivity index (χ2n) is 4.22. The number of aliphatic hydroxyl groups is 1. The number of nitrogens with zero attached hydrogens (tertiary/aromatic N) is 1. The molecule has 0 aliphatic rings. The Morgan fingerprint density at radius 2 is 2.14 bits per heavy atom. The third kappa shape index (κ3) is 4.63. The molecule has 1 aromatic carbocycles. The number of hydrogen-bond donors (Lipinski definition) is 3. The highest BCUT2D eigenvalue weighted by Crippen LogP contribution is 2.26. The van der Waals surface area contributed by atoms with Gasteiger partial charge in [0.15, 0.2) is 0 Å². The van der Waals surface area contributed by atoms with Crippen LogP contribution in [0.15, 0.2) is 18.2 Å². The number of anilines is 1. The van der Waals surface area contributed by atoms with Gasteiger partial charge in [-0.05, 0) is 19.1 Å². The summed E-state index contributed by atoms with van der Waals surface area (Å²) < 4.78 is 25.9. The minimum Gasteiger partial charge on any atom is -0.390 e. The summed E-state index contributed by atoms with van der Waals surface area (Å²) in [5, 5.41) is 24.1. The first-order chi connectivity index (χ1) is 9.80. The average Bonchev–Trinajstić information content (AvgIpc) is 2.45. The maximum atomic E-state index is 12.9. The lowest BCUT2D eigenvalue weighted by molar-refractivity contribution is -0.384. The van der Waals surface area contributed by atoms with Crippen molar-refractivity contribution in [2.45, 2.75) is 12.8 Å². The first kappa shape index (κ1) is 16.8. The van der Waals surface area contributed by atoms with Gasteiger partial charge in [-0.25, -0.2) is 8.78 Å². The molecule has 0 bridgehead atoms. The number of benzene rings is 1. The van der Waals surface area contributed by atoms with Gasteiger partial charge in [0.25, 0.3) is 17.5 Å². The zero-order valence-electron chi connectivity index (χ0n) is 11.2. The number of nitrogens with one attached hydrogen (secondary N) is 2. The Balaban J connectivity index is 3.00. The highest BCUT2D eigenvalue weighted by Gasteiger charge is 2.28. The Hall–Kier alpha value is -2.29. The third-order valence-electron chi connectivity index (χ3n) is 2.56. The summed E-state index contributed by atoms with van der Waals surface area (Å²) in [5.41, 5.74) is -0.586. The summed E-state index contributed by atoms with van der Waals surface area (Å²) in [6, 6.07) is 3.47. The van der Waals surface area contributed by atoms with Gasteiger partial charge in [-0.1, -0.05) is 0 Å². The van der Waals surface area contributed by atoms with Crippen molar-refractivity contribution in [2.75, 3.05) is 25.0 Å². The van der Waals surface area contributed by atoms with E-state index in [1.54, 1.807) is 6.92 Å². The molecule has 0 spiro atoms. The fourth-order valence-electron chi connectivity index (χ4n) is 1.52. The molecule has 0 saturated carbocycles. The van der Waals surface area contributed by atoms with E-state index < -0.39 is 35.6 Å². The number of carbonyl (C=O) groups is 1. The number of amides is 1. The normalized spacial score (nSPS) is 11.0. The summed E-state index contributed by atoms with van der Waals surface area (Å²) in [4.78, 5) is 21.8. The van der Waals surface area contributed by atoms with Crippen LogP contribution in [0.25, 0.3) is 0 Å². The molecule has 7 nitrogen and oxygen atoms in total. The van der Waals surface area contributed by atoms with E-state index in [9.17, 15) is 23.7 Å². The maximum Gasteiger partial charge on any atom is 0.293 e. The number of alkyl halides is 2. The average molecular weight is 303 g/mol. The summed E-state index contributed by atoms with van der Waals surface area (Å²) >= 11 is 0. The van der Waals surface area contributed by atoms with Crippen LogP contribution < -0.4 is 10.6 Å². The molecule has 0 radical (unpaired) electrons. The highest BCUT2D eigenvalue weighted by molar-refractivity contribution is 5.95. The molecule has 1 aromatic rings. The molecule has 1 amide bonds. The fraction of sp³-hybridized carbons (Fsp3) is 0.417. The van der Waals surface area contributed by atoms with Crippen molar-refractivity contribution in [3.63, 3.8) is 0 Å². The summed E-state index contributed by atoms with van der Waals surface area (Å²) in [7, 11) is 0. The number of nitro benzene ring substituents is 1. The summed E-state index contributed by atoms with van der Waals surface area (Å²) in [6.45, 7) is -0.274. The van der Waals surface area contributed by atoms with Crippen LogP contribution in [0.3, 0.4) is 0 Å². The second-order valence-corrected chi connectivity index (χ2v) is 4.22. The van der Waals surface area contributed by atoms with E-state index in [0.29, 0.717) is 6.54 Å². The van der Waals surface area contributed by atoms with E-state index >= 15 is 0 Å². The fourth-order valence-corrected chi connectivity index (χ4v) is 1.52. The number of hydrogen-bond acceptors (Lipinski definition) is 5. The van der Waals surface area contributed by atoms with Crippen LogP contribution in [0.5, 0.6) is 0 Å². The lowest BCUT2D eigenvalue weighted by Gasteiger charge is -2.15. The smallest absolute Gasteiger partial charge is 0.293 e. The van der Waals surface area contributed by atoms with Gasteiger partial charge in [-0.2, -0.15) is 0 Å². The largest absolute Gasteiger partial charge is 0.390 e. The van der Waals surface area contributed by atoms with Crippen LogP contribution in [0.1, 0.15) is 17.3 Å². The predicted octanol–water partition coefficient (Wildman–Crippen LogP) is 1.38. The Morgan fingerprint density at radius 3 is 2.67 bits per heavy atom. The molecule has 0 heterocycles. The van der Waals surface area contributed by atoms with Crippen LogP contribution in [0, 0.1) is 10.1 Å². The van der Waals surface area contributed by atoms with Crippen molar-refractivity contribution in [3.8, 4) is 0 Å². The Morgan fingerprint density at radius 1 is 1.48 bits per heavy atom. The van der Waals surface area contributed by atoms with Gasteiger partial charge in [-0.3, -0.25) is 14.9 Å². The lowest BCUT2D eigenvalue weighted by Crippen LogP contribution is -2.31. The minimum atomic E-state index is -3.40. The zero-order chi connectivity index (χ0) is 16.0. The number of halogens is 2. The molecule has 21 heavy (non-hydrogen) atoms. The number of rotatable bonds is 7. The van der Waals surface area contributed by atoms with E-state index in [-0.39, 0.29) is 11.3 Å². The first-order valence-electron chi connectivity index (χ1n) is 6.10. The van der Waals surface area contributed by atoms with E-state index in [4.69, 9.17) is 5.11 Å². The van der Waals surface area contributed by atoms with Gasteiger partial charge in [0.05, 0.1) is 11.5 Å². The molecule has 0 atom stereocenters. The van der Waals surface area contributed by atoms with Crippen molar-refractivity contribution >= 4 is 17.3 Å². The van der Waals surface area contributed by atoms with Crippen molar-refractivity contribution in [3.05, 3.63) is 33.9 Å². The van der Waals surface area contributed by atoms with Crippen molar-refractivity contribution in [1.82, 2.24) is 5.32 Å². The van der Waals surface area contributed by atoms with Crippen LogP contribution in [-0.2, 0) is 0 Å². The molecule has 0 fully saturated rings. The first-order valence-corrected chi connectivity index (χ1v) is 6.10. The minimum absolute atomic E-state index is 0.0584. The zero-order valence-corrected chi connectivity index (χ0v) is 11.2. The molecule has 3 N–H and O–H groups in total. The van der Waals surface area contributed by atoms with Crippen molar-refractivity contribution in [1.29, 1.82) is 0 Å². The van der Waals surface area contributed by atoms with Gasteiger partial charge >= 0.3 is 0 Å². The number of aliphatic hydroxyl groups excluding tert-OH is 1. The molecular weight excluding hydrogens is 288 g/mol. The molecular formula is C12H15F2N3O4. The number of nitro groups is 1. The van der Waals surface area contributed by atoms with Crippen LogP contribution in [-0.4, -0.2) is 41.6 Å². The van der Waals surface area contributed by atoms with Crippen molar-refractivity contribution < 1.29 is 23.6 Å². The SMILES string of the molecule is CCNC(=O)c1ccc(NCC(F)(F)CO)c([N+](=O)[O-])c1. The van der Waals surface area contributed by atoms with E-state index in [0.717, 1.165) is 6.07 Å². The van der Waals surface area contributed by atoms with Gasteiger partial charge < -0.3 is 15.7 Å². The lowest BCUT2D eigenvalue weighted by atomic mass is 10.1. The van der Waals surface area contributed by atoms with Gasteiger partial charge in [0.2, 0.25) is 0 Å². The van der Waals surface area contributed by atoms with Gasteiger partial charge in [0, 0.05) is 18.2 Å². The van der Waals surface area contributed by atoms with Crippen LogP contribution >= 0.6 is 0 Å². The summed E-state index contributed by atoms with van der Waals surface area (Å²) in [5.74, 6) is -3.89. The van der Waals surface area contributed by atoms with Gasteiger partial charge in [-0.15, -0.1) is 0 Å². The topological polar surface area (TPSA) is 104 Å². The van der Waals surface area contributed by atoms with E-state index in [1.807, 2.05) is 0 Å². The Labute approximate surface area is 119 Å². The molecule has 0 unspecified atom stereocenters. The highest BCUT2D eigenvalue weighted by atomic mass is 19.3. The van der Waals surface area contributed by atoms with E-state index in [2.05, 4.69) is 10.6 Å². The maximum absolute atomic E-state index is 12.9. The van der Waals surface area contributed by atoms with Crippen molar-refractivity contribution in [2.24, 2.45) is 0 Å². The molecule has 0 aliphatic carbocycles. The summed E-state index contributed by atoms with van der Waals surface area (Å²) in [6.07, 6.45) is 0. The molecule has 116 valence electrons. The molecule has 0 aromatic heterocycles. The van der Waals surface area contributed by atoms with Gasteiger partial charge in [0.1, 0.15) is 12.3 Å². The third-order valence-corrected chi connectivity index (χ3v) is 2.56. The molecule has 0 aliphatic heterocycles. The second kappa shape index (κ2) is 6.93. The monoisotopic (exact) mass is 303 g/mol. The quantitative estimate of drug-likeness (QED) is 0.521. The van der Waals surface area contributed by atoms with Crippen LogP contribution in [0.2, 0.25) is 0 Å². The van der Waals surface area contributed by atoms with E-state index in [1.165, 1.54) is 12.1 Å². The Kier molecular flexibility index (Phi) is 5.53. The Bertz CT molecular complexity index is 537. The predicted molar refractivity (Wildman–Crippen MR) is 71.6 cm³/mol. The molecule has 0 saturated heterocycles. The molecule has 1 rings (SSSR count). The van der Waals surface area contributed by atoms with Crippen LogP contribution in [0.4, 0.5) is 20.2 Å². The number of carbonyl (C=O) groups excluding carboxylic acids is 1. The molecule has 9 heteroatoms.